The summed E-state index contributed by atoms with van der Waals surface area (Å²) in [5.41, 5.74) is 3.83. The molecular weight excluding hydrogens is 394 g/mol. The van der Waals surface area contributed by atoms with E-state index in [1.54, 1.807) is 0 Å². The summed E-state index contributed by atoms with van der Waals surface area (Å²) in [5, 5.41) is 19.8. The molecule has 1 saturated heterocycles. The molecule has 0 saturated carbocycles. The molecule has 0 amide bonds. The third-order valence-corrected chi connectivity index (χ3v) is 6.44. The fraction of sp³-hybridized carbons (Fsp3) is 0.435. The molecule has 7 heteroatoms. The summed E-state index contributed by atoms with van der Waals surface area (Å²) in [6, 6.07) is 10.1. The predicted molar refractivity (Wildman–Crippen MR) is 121 cm³/mol. The second-order valence-corrected chi connectivity index (χ2v) is 8.39. The van der Waals surface area contributed by atoms with Gasteiger partial charge in [0.1, 0.15) is 16.9 Å². The molecule has 0 spiro atoms. The van der Waals surface area contributed by atoms with Crippen LogP contribution in [0.1, 0.15) is 35.6 Å². The van der Waals surface area contributed by atoms with Gasteiger partial charge in [-0.25, -0.2) is 9.83 Å². The molecule has 2 heterocycles. The van der Waals surface area contributed by atoms with E-state index in [0.29, 0.717) is 34.3 Å². The predicted octanol–water partition coefficient (Wildman–Crippen LogP) is 3.99. The van der Waals surface area contributed by atoms with Gasteiger partial charge in [0.15, 0.2) is 0 Å². The van der Waals surface area contributed by atoms with Gasteiger partial charge >= 0.3 is 0 Å². The van der Waals surface area contributed by atoms with Crippen LogP contribution >= 0.6 is 11.8 Å². The Morgan fingerprint density at radius 3 is 2.57 bits per heavy atom. The summed E-state index contributed by atoms with van der Waals surface area (Å²) in [7, 11) is 2.12. The number of pyridine rings is 1. The summed E-state index contributed by atoms with van der Waals surface area (Å²) in [4.78, 5) is 13.2. The summed E-state index contributed by atoms with van der Waals surface area (Å²) < 4.78 is 0. The van der Waals surface area contributed by atoms with Gasteiger partial charge in [-0.05, 0) is 43.1 Å². The Labute approximate surface area is 183 Å². The number of rotatable bonds is 6. The molecule has 30 heavy (non-hydrogen) atoms. The van der Waals surface area contributed by atoms with Crippen LogP contribution in [0.3, 0.4) is 0 Å². The lowest BCUT2D eigenvalue weighted by Gasteiger charge is -2.25. The lowest BCUT2D eigenvalue weighted by molar-refractivity contribution is 0.282. The third kappa shape index (κ3) is 4.94. The molecule has 1 N–H and O–H groups in total. The van der Waals surface area contributed by atoms with Gasteiger partial charge in [0.2, 0.25) is 5.69 Å². The van der Waals surface area contributed by atoms with Crippen LogP contribution in [0, 0.1) is 17.9 Å². The summed E-state index contributed by atoms with van der Waals surface area (Å²) in [5.74, 6) is 1.39. The number of thioether (sulfide) groups is 1. The van der Waals surface area contributed by atoms with Crippen LogP contribution in [-0.4, -0.2) is 48.2 Å². The Hall–Kier alpha value is -2.58. The molecule has 0 bridgehead atoms. The lowest BCUT2D eigenvalue weighted by atomic mass is 10.1. The van der Waals surface area contributed by atoms with Crippen LogP contribution in [-0.2, 0) is 18.8 Å². The fourth-order valence-electron chi connectivity index (χ4n) is 3.64. The Morgan fingerprint density at radius 2 is 1.93 bits per heavy atom. The minimum Gasteiger partial charge on any atom is -0.392 e. The highest BCUT2D eigenvalue weighted by Crippen LogP contribution is 2.39. The first-order chi connectivity index (χ1) is 14.6. The van der Waals surface area contributed by atoms with Crippen molar-refractivity contribution < 1.29 is 5.11 Å². The molecule has 1 fully saturated rings. The van der Waals surface area contributed by atoms with Gasteiger partial charge in [-0.2, -0.15) is 5.26 Å². The molecule has 0 unspecified atom stereocenters. The van der Waals surface area contributed by atoms with Crippen molar-refractivity contribution in [2.45, 2.75) is 37.2 Å². The fourth-order valence-corrected chi connectivity index (χ4v) is 4.60. The van der Waals surface area contributed by atoms with E-state index in [9.17, 15) is 10.4 Å². The second kappa shape index (κ2) is 10.4. The molecule has 0 atom stereocenters. The van der Waals surface area contributed by atoms with Crippen molar-refractivity contribution in [1.82, 2.24) is 9.88 Å². The van der Waals surface area contributed by atoms with E-state index < -0.39 is 0 Å². The van der Waals surface area contributed by atoms with Gasteiger partial charge in [0.25, 0.3) is 0 Å². The molecule has 6 nitrogen and oxygen atoms in total. The highest BCUT2D eigenvalue weighted by Gasteiger charge is 2.24. The van der Waals surface area contributed by atoms with Crippen LogP contribution in [0.4, 0.5) is 11.5 Å². The summed E-state index contributed by atoms with van der Waals surface area (Å²) >= 11 is 1.53. The number of benzene rings is 1. The van der Waals surface area contributed by atoms with E-state index >= 15 is 0 Å². The lowest BCUT2D eigenvalue weighted by Crippen LogP contribution is -2.29. The largest absolute Gasteiger partial charge is 0.392 e. The maximum absolute atomic E-state index is 9.84. The average Bonchev–Trinajstić information content (AvgIpc) is 3.00. The number of aliphatic hydroxyl groups excluding tert-OH is 1. The average molecular weight is 422 g/mol. The Bertz CT molecular complexity index is 962. The molecule has 1 aliphatic rings. The first-order valence-electron chi connectivity index (χ1n) is 10.2. The zero-order valence-electron chi connectivity index (χ0n) is 17.6. The van der Waals surface area contributed by atoms with Crippen molar-refractivity contribution in [3.8, 4) is 6.07 Å². The van der Waals surface area contributed by atoms with Crippen LogP contribution in [0.15, 0.2) is 29.3 Å². The molecule has 0 aliphatic carbocycles. The third-order valence-electron chi connectivity index (χ3n) is 5.40. The summed E-state index contributed by atoms with van der Waals surface area (Å²) in [6.07, 6.45) is 1.65. The molecule has 2 aromatic rings. The number of aliphatic hydroxyl groups is 1. The molecule has 1 aromatic heterocycles. The number of hydrogen-bond acceptors (Lipinski definition) is 6. The first-order valence-corrected chi connectivity index (χ1v) is 11.2. The zero-order chi connectivity index (χ0) is 21.5. The van der Waals surface area contributed by atoms with Gasteiger partial charge in [-0.15, -0.1) is 11.8 Å². The van der Waals surface area contributed by atoms with E-state index in [1.165, 1.54) is 11.8 Å². The molecule has 0 radical (unpaired) electrons. The molecule has 1 aromatic carbocycles. The van der Waals surface area contributed by atoms with E-state index in [-0.39, 0.29) is 6.61 Å². The van der Waals surface area contributed by atoms with E-state index in [1.807, 2.05) is 31.2 Å². The van der Waals surface area contributed by atoms with E-state index in [4.69, 9.17) is 11.6 Å². The number of hydrogen-bond donors (Lipinski definition) is 1. The standard InChI is InChI=1S/C23H27N5OS/c1-4-19-20(14-24)23(30-16-18-8-6-17(15-29)7-9-18)26-22(21(19)25-2)28-11-5-10-27(3)12-13-28/h6-9,29H,4-5,10-13,15-16H2,1,3H3. The Balaban J connectivity index is 1.96. The number of aromatic nitrogens is 1. The maximum Gasteiger partial charge on any atom is 0.232 e. The van der Waals surface area contributed by atoms with Crippen molar-refractivity contribution in [1.29, 1.82) is 5.26 Å². The van der Waals surface area contributed by atoms with Gasteiger partial charge in [0.05, 0.1) is 18.7 Å². The van der Waals surface area contributed by atoms with Gasteiger partial charge < -0.3 is 14.9 Å². The number of anilines is 1. The van der Waals surface area contributed by atoms with Crippen molar-refractivity contribution >= 4 is 23.3 Å². The SMILES string of the molecule is [C-]#[N+]c1c(N2CCCN(C)CC2)nc(SCc2ccc(CO)cc2)c(C#N)c1CC. The zero-order valence-corrected chi connectivity index (χ0v) is 18.4. The van der Waals surface area contributed by atoms with Crippen molar-refractivity contribution in [3.05, 3.63) is 57.9 Å². The minimum atomic E-state index is 0.0277. The first kappa shape index (κ1) is 22.1. The maximum atomic E-state index is 9.84. The monoisotopic (exact) mass is 421 g/mol. The highest BCUT2D eigenvalue weighted by atomic mass is 32.2. The smallest absolute Gasteiger partial charge is 0.232 e. The van der Waals surface area contributed by atoms with Gasteiger partial charge in [0, 0.05) is 25.4 Å². The van der Waals surface area contributed by atoms with Crippen molar-refractivity contribution in [2.24, 2.45) is 0 Å². The molecular formula is C23H27N5OS. The van der Waals surface area contributed by atoms with Crippen LogP contribution in [0.2, 0.25) is 0 Å². The Kier molecular flexibility index (Phi) is 7.70. The molecule has 3 rings (SSSR count). The number of likely N-dealkylation sites (N-methyl/N-ethyl adjacent to an activating group) is 1. The van der Waals surface area contributed by atoms with E-state index in [2.05, 4.69) is 27.8 Å². The van der Waals surface area contributed by atoms with E-state index in [0.717, 1.165) is 49.3 Å². The van der Waals surface area contributed by atoms with Crippen LogP contribution < -0.4 is 4.90 Å². The van der Waals surface area contributed by atoms with Crippen molar-refractivity contribution in [2.75, 3.05) is 38.1 Å². The Morgan fingerprint density at radius 1 is 1.20 bits per heavy atom. The quantitative estimate of drug-likeness (QED) is 0.562. The van der Waals surface area contributed by atoms with Crippen LogP contribution in [0.5, 0.6) is 0 Å². The van der Waals surface area contributed by atoms with Crippen LogP contribution in [0.25, 0.3) is 4.85 Å². The highest BCUT2D eigenvalue weighted by molar-refractivity contribution is 7.98. The molecule has 1 aliphatic heterocycles. The van der Waals surface area contributed by atoms with Crippen molar-refractivity contribution in [3.63, 3.8) is 0 Å². The summed E-state index contributed by atoms with van der Waals surface area (Å²) in [6.45, 7) is 13.4. The normalized spacial score (nSPS) is 14.8. The number of nitrogens with zero attached hydrogens (tertiary/aromatic N) is 5. The van der Waals surface area contributed by atoms with Gasteiger partial charge in [-0.3, -0.25) is 0 Å². The number of nitriles is 1. The molecule has 156 valence electrons. The minimum absolute atomic E-state index is 0.0277. The van der Waals surface area contributed by atoms with Gasteiger partial charge in [-0.1, -0.05) is 31.2 Å². The second-order valence-electron chi connectivity index (χ2n) is 7.43. The topological polar surface area (TPSA) is 67.8 Å².